The van der Waals surface area contributed by atoms with Gasteiger partial charge in [-0.15, -0.1) is 0 Å². The standard InChI is InChI=1S/C13H16N2O.C3H6O2/c1-2-4-13-12(3-1)5-6-15(13)11-14-7-9-16-10-8-14;1-2-5-3-4/h1-6H,7-11H2;3H,2H2,1H3. The molecule has 0 aliphatic carbocycles. The highest BCUT2D eigenvalue weighted by atomic mass is 16.5. The Kier molecular flexibility index (Phi) is 6.24. The number of carbonyl (C=O) groups is 1. The van der Waals surface area contributed by atoms with Crippen molar-refractivity contribution in [3.05, 3.63) is 36.5 Å². The molecule has 114 valence electrons. The van der Waals surface area contributed by atoms with Crippen LogP contribution in [0.3, 0.4) is 0 Å². The zero-order chi connectivity index (χ0) is 14.9. The average molecular weight is 290 g/mol. The molecule has 0 bridgehead atoms. The van der Waals surface area contributed by atoms with E-state index in [4.69, 9.17) is 4.74 Å². The van der Waals surface area contributed by atoms with Crippen molar-refractivity contribution in [3.8, 4) is 0 Å². The predicted molar refractivity (Wildman–Crippen MR) is 82.0 cm³/mol. The molecule has 1 aromatic heterocycles. The maximum Gasteiger partial charge on any atom is 0.293 e. The zero-order valence-corrected chi connectivity index (χ0v) is 12.4. The fourth-order valence-corrected chi connectivity index (χ4v) is 2.29. The van der Waals surface area contributed by atoms with Crippen LogP contribution in [0.5, 0.6) is 0 Å². The molecule has 2 aromatic rings. The summed E-state index contributed by atoms with van der Waals surface area (Å²) in [5.74, 6) is 0. The molecule has 1 saturated heterocycles. The van der Waals surface area contributed by atoms with Crippen LogP contribution in [0, 0.1) is 0 Å². The van der Waals surface area contributed by atoms with Crippen LogP contribution < -0.4 is 0 Å². The molecule has 0 N–H and O–H groups in total. The van der Waals surface area contributed by atoms with Gasteiger partial charge < -0.3 is 14.0 Å². The summed E-state index contributed by atoms with van der Waals surface area (Å²) in [5.41, 5.74) is 1.31. The lowest BCUT2D eigenvalue weighted by atomic mass is 10.2. The minimum atomic E-state index is 0.431. The first-order valence-electron chi connectivity index (χ1n) is 7.24. The second kappa shape index (κ2) is 8.44. The molecule has 0 amide bonds. The highest BCUT2D eigenvalue weighted by molar-refractivity contribution is 5.79. The number of aromatic nitrogens is 1. The summed E-state index contributed by atoms with van der Waals surface area (Å²) in [6, 6.07) is 10.7. The van der Waals surface area contributed by atoms with Gasteiger partial charge in [0.05, 0.1) is 26.5 Å². The van der Waals surface area contributed by atoms with E-state index in [9.17, 15) is 4.79 Å². The molecule has 0 atom stereocenters. The number of benzene rings is 1. The van der Waals surface area contributed by atoms with Gasteiger partial charge >= 0.3 is 0 Å². The number of morpholine rings is 1. The van der Waals surface area contributed by atoms with Crippen LogP contribution in [0.1, 0.15) is 6.92 Å². The van der Waals surface area contributed by atoms with Crippen molar-refractivity contribution >= 4 is 17.4 Å². The Hall–Kier alpha value is -1.85. The van der Waals surface area contributed by atoms with Crippen LogP contribution in [0.4, 0.5) is 0 Å². The Balaban J connectivity index is 0.000000282. The van der Waals surface area contributed by atoms with Gasteiger partial charge in [0.25, 0.3) is 6.47 Å². The Bertz CT molecular complexity index is 547. The number of fused-ring (bicyclic) bond motifs is 1. The Labute approximate surface area is 125 Å². The van der Waals surface area contributed by atoms with Crippen LogP contribution in [0.15, 0.2) is 36.5 Å². The molecule has 1 aliphatic rings. The molecule has 21 heavy (non-hydrogen) atoms. The fourth-order valence-electron chi connectivity index (χ4n) is 2.29. The highest BCUT2D eigenvalue weighted by Gasteiger charge is 2.11. The highest BCUT2D eigenvalue weighted by Crippen LogP contribution is 2.15. The van der Waals surface area contributed by atoms with E-state index in [0.717, 1.165) is 33.0 Å². The molecule has 3 rings (SSSR count). The maximum absolute atomic E-state index is 9.18. The molecule has 0 spiro atoms. The van der Waals surface area contributed by atoms with Gasteiger partial charge in [0.1, 0.15) is 0 Å². The van der Waals surface area contributed by atoms with E-state index in [1.54, 1.807) is 6.92 Å². The van der Waals surface area contributed by atoms with E-state index >= 15 is 0 Å². The van der Waals surface area contributed by atoms with Gasteiger partial charge in [0, 0.05) is 24.8 Å². The predicted octanol–water partition coefficient (Wildman–Crippen LogP) is 2.11. The first-order valence-corrected chi connectivity index (χ1v) is 7.24. The molecule has 1 aliphatic heterocycles. The van der Waals surface area contributed by atoms with Crippen LogP contribution in [-0.2, 0) is 20.9 Å². The molecule has 0 saturated carbocycles. The van der Waals surface area contributed by atoms with Gasteiger partial charge in [-0.2, -0.15) is 0 Å². The summed E-state index contributed by atoms with van der Waals surface area (Å²) in [6.45, 7) is 7.42. The monoisotopic (exact) mass is 290 g/mol. The van der Waals surface area contributed by atoms with Crippen LogP contribution in [0.25, 0.3) is 10.9 Å². The lowest BCUT2D eigenvalue weighted by Crippen LogP contribution is -2.37. The molecule has 5 heteroatoms. The number of para-hydroxylation sites is 1. The third kappa shape index (κ3) is 4.58. The van der Waals surface area contributed by atoms with E-state index in [1.165, 1.54) is 10.9 Å². The van der Waals surface area contributed by atoms with Crippen LogP contribution >= 0.6 is 0 Å². The summed E-state index contributed by atoms with van der Waals surface area (Å²) in [5, 5.41) is 1.32. The average Bonchev–Trinajstić information content (AvgIpc) is 2.93. The van der Waals surface area contributed by atoms with Crippen LogP contribution in [0.2, 0.25) is 0 Å². The van der Waals surface area contributed by atoms with E-state index < -0.39 is 0 Å². The second-order valence-corrected chi connectivity index (χ2v) is 4.77. The normalized spacial score (nSPS) is 15.3. The summed E-state index contributed by atoms with van der Waals surface area (Å²) in [7, 11) is 0. The van der Waals surface area contributed by atoms with Crippen molar-refractivity contribution in [2.45, 2.75) is 13.6 Å². The van der Waals surface area contributed by atoms with Gasteiger partial charge in [-0.05, 0) is 24.4 Å². The minimum Gasteiger partial charge on any atom is -0.468 e. The summed E-state index contributed by atoms with van der Waals surface area (Å²) < 4.78 is 11.8. The van der Waals surface area contributed by atoms with Gasteiger partial charge in [-0.3, -0.25) is 9.69 Å². The molecule has 1 fully saturated rings. The van der Waals surface area contributed by atoms with Gasteiger partial charge in [-0.1, -0.05) is 18.2 Å². The smallest absolute Gasteiger partial charge is 0.293 e. The molecule has 1 aromatic carbocycles. The van der Waals surface area contributed by atoms with E-state index in [1.807, 2.05) is 0 Å². The molecule has 0 unspecified atom stereocenters. The second-order valence-electron chi connectivity index (χ2n) is 4.77. The Morgan fingerprint density at radius 2 is 2.00 bits per heavy atom. The number of ether oxygens (including phenoxy) is 2. The first kappa shape index (κ1) is 15.5. The number of hydrogen-bond donors (Lipinski definition) is 0. The lowest BCUT2D eigenvalue weighted by molar-refractivity contribution is -0.128. The molecule has 2 heterocycles. The molecular weight excluding hydrogens is 268 g/mol. The largest absolute Gasteiger partial charge is 0.468 e. The molecular formula is C16H22N2O3. The third-order valence-electron chi connectivity index (χ3n) is 3.37. The van der Waals surface area contributed by atoms with Gasteiger partial charge in [0.2, 0.25) is 0 Å². The van der Waals surface area contributed by atoms with Gasteiger partial charge in [0.15, 0.2) is 0 Å². The fraction of sp³-hybridized carbons (Fsp3) is 0.438. The van der Waals surface area contributed by atoms with E-state index in [2.05, 4.69) is 50.7 Å². The van der Waals surface area contributed by atoms with Crippen molar-refractivity contribution < 1.29 is 14.3 Å². The van der Waals surface area contributed by atoms with E-state index in [0.29, 0.717) is 13.1 Å². The van der Waals surface area contributed by atoms with Gasteiger partial charge in [-0.25, -0.2) is 0 Å². The zero-order valence-electron chi connectivity index (χ0n) is 12.4. The number of hydrogen-bond acceptors (Lipinski definition) is 4. The summed E-state index contributed by atoms with van der Waals surface area (Å²) in [4.78, 5) is 11.6. The SMILES string of the molecule is CCOC=O.c1ccc2c(c1)ccn2CN1CCOCC1. The van der Waals surface area contributed by atoms with Crippen LogP contribution in [-0.4, -0.2) is 48.8 Å². The lowest BCUT2D eigenvalue weighted by Gasteiger charge is -2.27. The number of nitrogens with zero attached hydrogens (tertiary/aromatic N) is 2. The number of rotatable bonds is 4. The molecule has 5 nitrogen and oxygen atoms in total. The topological polar surface area (TPSA) is 43.7 Å². The van der Waals surface area contributed by atoms with Crippen molar-refractivity contribution in [1.29, 1.82) is 0 Å². The minimum absolute atomic E-state index is 0.431. The third-order valence-corrected chi connectivity index (χ3v) is 3.37. The van der Waals surface area contributed by atoms with Crippen molar-refractivity contribution in [1.82, 2.24) is 9.47 Å². The summed E-state index contributed by atoms with van der Waals surface area (Å²) in [6.07, 6.45) is 2.17. The quantitative estimate of drug-likeness (QED) is 0.809. The Morgan fingerprint density at radius 1 is 1.24 bits per heavy atom. The first-order chi connectivity index (χ1) is 10.3. The van der Waals surface area contributed by atoms with Crippen molar-refractivity contribution in [2.24, 2.45) is 0 Å². The summed E-state index contributed by atoms with van der Waals surface area (Å²) >= 11 is 0. The molecule has 0 radical (unpaired) electrons. The Morgan fingerprint density at radius 3 is 2.67 bits per heavy atom. The van der Waals surface area contributed by atoms with E-state index in [-0.39, 0.29) is 0 Å². The van der Waals surface area contributed by atoms with Crippen molar-refractivity contribution in [3.63, 3.8) is 0 Å². The van der Waals surface area contributed by atoms with Crippen molar-refractivity contribution in [2.75, 3.05) is 32.9 Å². The number of carbonyl (C=O) groups excluding carboxylic acids is 1. The maximum atomic E-state index is 9.18.